The summed E-state index contributed by atoms with van der Waals surface area (Å²) in [6.45, 7) is 8.72. The molecule has 0 aliphatic carbocycles. The minimum absolute atomic E-state index is 0. The molecule has 1 aliphatic rings. The molecule has 0 radical (unpaired) electrons. The molecule has 132 valence electrons. The molecule has 1 aromatic heterocycles. The van der Waals surface area contributed by atoms with E-state index < -0.39 is 0 Å². The molecular weight excluding hydrogens is 345 g/mol. The molecule has 1 aliphatic heterocycles. The number of benzene rings is 1. The van der Waals surface area contributed by atoms with Crippen LogP contribution in [0.3, 0.4) is 0 Å². The average molecular weight is 370 g/mol. The number of halogens is 2. The summed E-state index contributed by atoms with van der Waals surface area (Å²) < 4.78 is 14.2. The fourth-order valence-electron chi connectivity index (χ4n) is 3.17. The zero-order chi connectivity index (χ0) is 16.2. The molecular formula is C18H25ClFN3S. The first-order chi connectivity index (χ1) is 11.1. The van der Waals surface area contributed by atoms with E-state index in [9.17, 15) is 4.39 Å². The van der Waals surface area contributed by atoms with Crippen molar-refractivity contribution >= 4 is 23.7 Å². The van der Waals surface area contributed by atoms with Crippen molar-refractivity contribution in [3.8, 4) is 0 Å². The Balaban J connectivity index is 0.00000208. The fourth-order valence-corrected chi connectivity index (χ4v) is 3.99. The van der Waals surface area contributed by atoms with Gasteiger partial charge in [-0.3, -0.25) is 4.90 Å². The van der Waals surface area contributed by atoms with Crippen LogP contribution >= 0.6 is 23.7 Å². The van der Waals surface area contributed by atoms with Gasteiger partial charge >= 0.3 is 0 Å². The SMILES string of the molecule is Cc1ccc(F)c(CN(Cc2scnc2C)CC2CCNC2)c1.Cl. The van der Waals surface area contributed by atoms with Gasteiger partial charge in [0.25, 0.3) is 0 Å². The molecule has 0 amide bonds. The van der Waals surface area contributed by atoms with Crippen LogP contribution in [0.25, 0.3) is 0 Å². The highest BCUT2D eigenvalue weighted by Gasteiger charge is 2.20. The lowest BCUT2D eigenvalue weighted by molar-refractivity contribution is 0.219. The molecule has 1 atom stereocenters. The Kier molecular flexibility index (Phi) is 7.16. The van der Waals surface area contributed by atoms with Crippen molar-refractivity contribution < 1.29 is 4.39 Å². The van der Waals surface area contributed by atoms with Crippen LogP contribution in [0.4, 0.5) is 4.39 Å². The molecule has 24 heavy (non-hydrogen) atoms. The topological polar surface area (TPSA) is 28.2 Å². The van der Waals surface area contributed by atoms with Crippen LogP contribution in [0.15, 0.2) is 23.7 Å². The molecule has 3 rings (SSSR count). The van der Waals surface area contributed by atoms with E-state index in [1.807, 2.05) is 31.5 Å². The number of aryl methyl sites for hydroxylation is 2. The fraction of sp³-hybridized carbons (Fsp3) is 0.500. The molecule has 2 heterocycles. The van der Waals surface area contributed by atoms with Crippen molar-refractivity contribution in [2.45, 2.75) is 33.4 Å². The molecule has 6 heteroatoms. The summed E-state index contributed by atoms with van der Waals surface area (Å²) in [6.07, 6.45) is 1.20. The Morgan fingerprint density at radius 2 is 2.17 bits per heavy atom. The molecule has 3 nitrogen and oxygen atoms in total. The minimum Gasteiger partial charge on any atom is -0.316 e. The number of nitrogens with one attached hydrogen (secondary N) is 1. The van der Waals surface area contributed by atoms with Crippen LogP contribution in [0.1, 0.15) is 28.1 Å². The van der Waals surface area contributed by atoms with Crippen molar-refractivity contribution in [2.24, 2.45) is 5.92 Å². The van der Waals surface area contributed by atoms with E-state index in [4.69, 9.17) is 0 Å². The summed E-state index contributed by atoms with van der Waals surface area (Å²) in [4.78, 5) is 8.00. The summed E-state index contributed by atoms with van der Waals surface area (Å²) >= 11 is 1.69. The van der Waals surface area contributed by atoms with Crippen molar-refractivity contribution in [1.29, 1.82) is 0 Å². The Bertz CT molecular complexity index is 655. The van der Waals surface area contributed by atoms with E-state index in [-0.39, 0.29) is 18.2 Å². The lowest BCUT2D eigenvalue weighted by atomic mass is 10.1. The molecule has 1 N–H and O–H groups in total. The van der Waals surface area contributed by atoms with Crippen LogP contribution in [-0.2, 0) is 13.1 Å². The Morgan fingerprint density at radius 3 is 2.83 bits per heavy atom. The first kappa shape index (κ1) is 19.3. The maximum Gasteiger partial charge on any atom is 0.127 e. The lowest BCUT2D eigenvalue weighted by Gasteiger charge is -2.25. The monoisotopic (exact) mass is 369 g/mol. The second-order valence-corrected chi connectivity index (χ2v) is 7.42. The highest BCUT2D eigenvalue weighted by molar-refractivity contribution is 7.09. The second-order valence-electron chi connectivity index (χ2n) is 6.48. The average Bonchev–Trinajstić information content (AvgIpc) is 3.16. The quantitative estimate of drug-likeness (QED) is 0.836. The third-order valence-electron chi connectivity index (χ3n) is 4.49. The Hall–Kier alpha value is -1.01. The zero-order valence-electron chi connectivity index (χ0n) is 14.2. The summed E-state index contributed by atoms with van der Waals surface area (Å²) in [5, 5.41) is 3.42. The van der Waals surface area contributed by atoms with Crippen molar-refractivity contribution in [2.75, 3.05) is 19.6 Å². The van der Waals surface area contributed by atoms with Crippen LogP contribution in [-0.4, -0.2) is 29.5 Å². The molecule has 1 aromatic carbocycles. The third-order valence-corrected chi connectivity index (χ3v) is 5.41. The number of hydrogen-bond donors (Lipinski definition) is 1. The molecule has 1 saturated heterocycles. The molecule has 2 aromatic rings. The Labute approximate surface area is 153 Å². The molecule has 0 spiro atoms. The van der Waals surface area contributed by atoms with Gasteiger partial charge in [0, 0.05) is 30.1 Å². The van der Waals surface area contributed by atoms with Gasteiger partial charge < -0.3 is 5.32 Å². The molecule has 1 unspecified atom stereocenters. The van der Waals surface area contributed by atoms with Crippen LogP contribution in [0.5, 0.6) is 0 Å². The van der Waals surface area contributed by atoms with Gasteiger partial charge in [0.05, 0.1) is 11.2 Å². The van der Waals surface area contributed by atoms with Gasteiger partial charge in [-0.15, -0.1) is 23.7 Å². The van der Waals surface area contributed by atoms with E-state index >= 15 is 0 Å². The maximum absolute atomic E-state index is 14.2. The van der Waals surface area contributed by atoms with Gasteiger partial charge in [0.1, 0.15) is 5.82 Å². The van der Waals surface area contributed by atoms with Gasteiger partial charge in [0.2, 0.25) is 0 Å². The highest BCUT2D eigenvalue weighted by Crippen LogP contribution is 2.21. The highest BCUT2D eigenvalue weighted by atomic mass is 35.5. The van der Waals surface area contributed by atoms with Crippen LogP contribution in [0.2, 0.25) is 0 Å². The van der Waals surface area contributed by atoms with Gasteiger partial charge in [-0.25, -0.2) is 9.37 Å². The zero-order valence-corrected chi connectivity index (χ0v) is 15.9. The third kappa shape index (κ3) is 4.99. The van der Waals surface area contributed by atoms with Gasteiger partial charge in [-0.2, -0.15) is 0 Å². The van der Waals surface area contributed by atoms with Gasteiger partial charge in [-0.1, -0.05) is 17.7 Å². The van der Waals surface area contributed by atoms with Crippen molar-refractivity contribution in [3.05, 3.63) is 51.2 Å². The predicted molar refractivity (Wildman–Crippen MR) is 100 cm³/mol. The number of nitrogens with zero attached hydrogens (tertiary/aromatic N) is 2. The second kappa shape index (κ2) is 8.90. The predicted octanol–water partition coefficient (Wildman–Crippen LogP) is 3.93. The first-order valence-corrected chi connectivity index (χ1v) is 9.07. The van der Waals surface area contributed by atoms with Crippen LogP contribution in [0, 0.1) is 25.6 Å². The summed E-state index contributed by atoms with van der Waals surface area (Å²) in [5.41, 5.74) is 4.89. The lowest BCUT2D eigenvalue weighted by Crippen LogP contribution is -2.30. The molecule has 0 saturated carbocycles. The summed E-state index contributed by atoms with van der Waals surface area (Å²) in [6, 6.07) is 5.38. The van der Waals surface area contributed by atoms with E-state index in [0.29, 0.717) is 12.5 Å². The van der Waals surface area contributed by atoms with Crippen molar-refractivity contribution in [1.82, 2.24) is 15.2 Å². The number of aromatic nitrogens is 1. The van der Waals surface area contributed by atoms with E-state index in [1.54, 1.807) is 17.4 Å². The normalized spacial score (nSPS) is 17.2. The van der Waals surface area contributed by atoms with E-state index in [0.717, 1.165) is 43.0 Å². The van der Waals surface area contributed by atoms with E-state index in [2.05, 4.69) is 15.2 Å². The molecule has 1 fully saturated rings. The largest absolute Gasteiger partial charge is 0.316 e. The summed E-state index contributed by atoms with van der Waals surface area (Å²) in [7, 11) is 0. The van der Waals surface area contributed by atoms with Gasteiger partial charge in [0.15, 0.2) is 0 Å². The smallest absolute Gasteiger partial charge is 0.127 e. The first-order valence-electron chi connectivity index (χ1n) is 8.19. The van der Waals surface area contributed by atoms with E-state index in [1.165, 1.54) is 11.3 Å². The van der Waals surface area contributed by atoms with Crippen LogP contribution < -0.4 is 5.32 Å². The minimum atomic E-state index is -0.105. The standard InChI is InChI=1S/C18H24FN3S.ClH/c1-13-3-4-17(19)16(7-13)10-22(9-15-5-6-20-8-15)11-18-14(2)21-12-23-18;/h3-4,7,12,15,20H,5-6,8-11H2,1-2H3;1H. The Morgan fingerprint density at radius 1 is 1.33 bits per heavy atom. The number of hydrogen-bond acceptors (Lipinski definition) is 4. The van der Waals surface area contributed by atoms with Crippen molar-refractivity contribution in [3.63, 3.8) is 0 Å². The number of thiazole rings is 1. The van der Waals surface area contributed by atoms with Gasteiger partial charge in [-0.05, 0) is 45.3 Å². The molecule has 0 bridgehead atoms. The summed E-state index contributed by atoms with van der Waals surface area (Å²) in [5.74, 6) is 0.544. The number of rotatable bonds is 6. The maximum atomic E-state index is 14.2.